The number of benzene rings is 1. The Kier molecular flexibility index (Phi) is 4.28. The summed E-state index contributed by atoms with van der Waals surface area (Å²) in [7, 11) is -3.73. The van der Waals surface area contributed by atoms with Crippen molar-refractivity contribution in [2.24, 2.45) is 0 Å². The number of sulfonamides is 1. The van der Waals surface area contributed by atoms with Gasteiger partial charge in [0.15, 0.2) is 0 Å². The molecule has 1 atom stereocenters. The van der Waals surface area contributed by atoms with Crippen LogP contribution in [-0.4, -0.2) is 35.6 Å². The first-order chi connectivity index (χ1) is 12.5. The number of carbonyl (C=O) groups is 1. The van der Waals surface area contributed by atoms with E-state index in [0.29, 0.717) is 24.5 Å². The predicted octanol–water partition coefficient (Wildman–Crippen LogP) is 1.39. The maximum absolute atomic E-state index is 12.9. The van der Waals surface area contributed by atoms with Crippen LogP contribution in [0, 0.1) is 0 Å². The first-order valence-corrected chi connectivity index (χ1v) is 10.2. The fourth-order valence-electron chi connectivity index (χ4n) is 3.71. The van der Waals surface area contributed by atoms with Crippen molar-refractivity contribution < 1.29 is 13.2 Å². The normalized spacial score (nSPS) is 19.7. The summed E-state index contributed by atoms with van der Waals surface area (Å²) in [5.41, 5.74) is 1.70. The van der Waals surface area contributed by atoms with Crippen molar-refractivity contribution in [1.82, 2.24) is 19.5 Å². The van der Waals surface area contributed by atoms with E-state index in [0.717, 1.165) is 31.4 Å². The van der Waals surface area contributed by atoms with Gasteiger partial charge >= 0.3 is 0 Å². The molecule has 4 rings (SSSR count). The van der Waals surface area contributed by atoms with E-state index in [1.54, 1.807) is 21.7 Å². The number of anilines is 1. The molecular weight excluding hydrogens is 354 g/mol. The van der Waals surface area contributed by atoms with Gasteiger partial charge in [-0.15, -0.1) is 0 Å². The number of carbonyl (C=O) groups excluding carboxylic acids is 1. The van der Waals surface area contributed by atoms with Gasteiger partial charge < -0.3 is 4.90 Å². The SMILES string of the molecule is CC(=O)N1CCCc2ccc(S(=O)(=O)N[C@H]3CCCn4ncnc43)cc21. The van der Waals surface area contributed by atoms with Gasteiger partial charge in [0.2, 0.25) is 15.9 Å². The molecule has 1 aromatic carbocycles. The Morgan fingerprint density at radius 2 is 2.12 bits per heavy atom. The highest BCUT2D eigenvalue weighted by atomic mass is 32.2. The van der Waals surface area contributed by atoms with E-state index < -0.39 is 16.1 Å². The van der Waals surface area contributed by atoms with Crippen molar-refractivity contribution in [2.75, 3.05) is 11.4 Å². The number of amides is 1. The monoisotopic (exact) mass is 375 g/mol. The van der Waals surface area contributed by atoms with E-state index in [-0.39, 0.29) is 10.8 Å². The van der Waals surface area contributed by atoms with Crippen LogP contribution >= 0.6 is 0 Å². The van der Waals surface area contributed by atoms with Gasteiger partial charge in [-0.05, 0) is 43.4 Å². The predicted molar refractivity (Wildman–Crippen MR) is 95.1 cm³/mol. The molecule has 26 heavy (non-hydrogen) atoms. The summed E-state index contributed by atoms with van der Waals surface area (Å²) in [6, 6.07) is 4.63. The second kappa shape index (κ2) is 6.48. The molecule has 0 saturated heterocycles. The third-order valence-corrected chi connectivity index (χ3v) is 6.45. The largest absolute Gasteiger partial charge is 0.312 e. The summed E-state index contributed by atoms with van der Waals surface area (Å²) in [6.07, 6.45) is 4.70. The summed E-state index contributed by atoms with van der Waals surface area (Å²) in [5, 5.41) is 4.12. The van der Waals surface area contributed by atoms with Gasteiger partial charge in [0.1, 0.15) is 12.2 Å². The van der Waals surface area contributed by atoms with Crippen LogP contribution in [0.15, 0.2) is 29.4 Å². The van der Waals surface area contributed by atoms with Gasteiger partial charge in [-0.1, -0.05) is 6.07 Å². The number of rotatable bonds is 3. The second-order valence-corrected chi connectivity index (χ2v) is 8.44. The van der Waals surface area contributed by atoms with Crippen LogP contribution in [0.2, 0.25) is 0 Å². The number of hydrogen-bond donors (Lipinski definition) is 1. The van der Waals surface area contributed by atoms with Crippen molar-refractivity contribution in [2.45, 2.75) is 50.1 Å². The van der Waals surface area contributed by atoms with Crippen LogP contribution in [0.5, 0.6) is 0 Å². The molecule has 3 heterocycles. The first-order valence-electron chi connectivity index (χ1n) is 8.77. The summed E-state index contributed by atoms with van der Waals surface area (Å²) in [5.74, 6) is 0.567. The lowest BCUT2D eigenvalue weighted by molar-refractivity contribution is -0.116. The number of hydrogen-bond acceptors (Lipinski definition) is 5. The molecule has 8 nitrogen and oxygen atoms in total. The Hall–Kier alpha value is -2.26. The van der Waals surface area contributed by atoms with Crippen molar-refractivity contribution >= 4 is 21.6 Å². The number of aromatic nitrogens is 3. The number of fused-ring (bicyclic) bond motifs is 2. The van der Waals surface area contributed by atoms with Crippen molar-refractivity contribution in [3.8, 4) is 0 Å². The fraction of sp³-hybridized carbons (Fsp3) is 0.471. The average Bonchev–Trinajstić information content (AvgIpc) is 3.10. The Bertz CT molecular complexity index is 953. The lowest BCUT2D eigenvalue weighted by Gasteiger charge is -2.29. The quantitative estimate of drug-likeness (QED) is 0.874. The Morgan fingerprint density at radius 1 is 1.27 bits per heavy atom. The van der Waals surface area contributed by atoms with Crippen molar-refractivity contribution in [3.05, 3.63) is 35.9 Å². The zero-order valence-corrected chi connectivity index (χ0v) is 15.4. The molecule has 1 aromatic heterocycles. The third kappa shape index (κ3) is 3.01. The molecule has 0 bridgehead atoms. The third-order valence-electron chi connectivity index (χ3n) is 4.98. The Balaban J connectivity index is 1.65. The minimum absolute atomic E-state index is 0.0751. The topological polar surface area (TPSA) is 97.2 Å². The van der Waals surface area contributed by atoms with Crippen LogP contribution in [0.25, 0.3) is 0 Å². The van der Waals surface area contributed by atoms with E-state index >= 15 is 0 Å². The molecular formula is C17H21N5O3S. The molecule has 138 valence electrons. The molecule has 0 aliphatic carbocycles. The van der Waals surface area contributed by atoms with Crippen LogP contribution < -0.4 is 9.62 Å². The van der Waals surface area contributed by atoms with Gasteiger partial charge in [-0.3, -0.25) is 4.79 Å². The number of aryl methyl sites for hydroxylation is 2. The van der Waals surface area contributed by atoms with E-state index in [4.69, 9.17) is 0 Å². The molecule has 1 amide bonds. The highest BCUT2D eigenvalue weighted by Crippen LogP contribution is 2.31. The molecule has 0 spiro atoms. The van der Waals surface area contributed by atoms with E-state index in [2.05, 4.69) is 14.8 Å². The van der Waals surface area contributed by atoms with Crippen LogP contribution in [0.3, 0.4) is 0 Å². The second-order valence-electron chi connectivity index (χ2n) is 6.72. The smallest absolute Gasteiger partial charge is 0.241 e. The zero-order valence-electron chi connectivity index (χ0n) is 14.6. The molecule has 9 heteroatoms. The van der Waals surface area contributed by atoms with Crippen LogP contribution in [0.4, 0.5) is 5.69 Å². The van der Waals surface area contributed by atoms with Crippen LogP contribution in [-0.2, 0) is 27.8 Å². The summed E-state index contributed by atoms with van der Waals surface area (Å²) in [6.45, 7) is 2.87. The Morgan fingerprint density at radius 3 is 2.92 bits per heavy atom. The van der Waals surface area contributed by atoms with E-state index in [1.807, 2.05) is 6.07 Å². The van der Waals surface area contributed by atoms with E-state index in [9.17, 15) is 13.2 Å². The standard InChI is InChI=1S/C17H21N5O3S/c1-12(23)21-8-2-4-13-6-7-14(10-16(13)21)26(24,25)20-15-5-3-9-22-17(15)18-11-19-22/h6-7,10-11,15,20H,2-5,8-9H2,1H3/t15-/m0/s1. The van der Waals surface area contributed by atoms with Gasteiger partial charge in [-0.25, -0.2) is 22.8 Å². The molecule has 0 radical (unpaired) electrons. The van der Waals surface area contributed by atoms with Gasteiger partial charge in [0.05, 0.1) is 10.9 Å². The lowest BCUT2D eigenvalue weighted by Crippen LogP contribution is -2.35. The highest BCUT2D eigenvalue weighted by molar-refractivity contribution is 7.89. The maximum atomic E-state index is 12.9. The molecule has 2 aromatic rings. The number of nitrogens with one attached hydrogen (secondary N) is 1. The minimum atomic E-state index is -3.73. The molecule has 0 unspecified atom stereocenters. The minimum Gasteiger partial charge on any atom is -0.312 e. The summed E-state index contributed by atoms with van der Waals surface area (Å²) >= 11 is 0. The number of nitrogens with zero attached hydrogens (tertiary/aromatic N) is 4. The highest BCUT2D eigenvalue weighted by Gasteiger charge is 2.29. The average molecular weight is 375 g/mol. The molecule has 1 N–H and O–H groups in total. The van der Waals surface area contributed by atoms with Gasteiger partial charge in [0, 0.05) is 25.7 Å². The Labute approximate surface area is 152 Å². The molecule has 2 aliphatic rings. The van der Waals surface area contributed by atoms with Crippen LogP contribution in [0.1, 0.15) is 43.6 Å². The molecule has 2 aliphatic heterocycles. The molecule has 0 fully saturated rings. The zero-order chi connectivity index (χ0) is 18.3. The maximum Gasteiger partial charge on any atom is 0.241 e. The lowest BCUT2D eigenvalue weighted by atomic mass is 10.0. The van der Waals surface area contributed by atoms with Crippen molar-refractivity contribution in [1.29, 1.82) is 0 Å². The first kappa shape index (κ1) is 17.2. The fourth-order valence-corrected chi connectivity index (χ4v) is 4.95. The molecule has 0 saturated carbocycles. The van der Waals surface area contributed by atoms with E-state index in [1.165, 1.54) is 13.3 Å². The summed E-state index contributed by atoms with van der Waals surface area (Å²) in [4.78, 5) is 17.9. The van der Waals surface area contributed by atoms with Crippen molar-refractivity contribution in [3.63, 3.8) is 0 Å². The van der Waals surface area contributed by atoms with Gasteiger partial charge in [0.25, 0.3) is 0 Å². The summed E-state index contributed by atoms with van der Waals surface area (Å²) < 4.78 is 30.3. The van der Waals surface area contributed by atoms with Gasteiger partial charge in [-0.2, -0.15) is 5.10 Å².